The van der Waals surface area contributed by atoms with E-state index in [1.807, 2.05) is 6.07 Å². The third-order valence-corrected chi connectivity index (χ3v) is 3.74. The van der Waals surface area contributed by atoms with E-state index in [9.17, 15) is 4.79 Å². The average molecular weight is 264 g/mol. The summed E-state index contributed by atoms with van der Waals surface area (Å²) in [5, 5.41) is 10.1. The van der Waals surface area contributed by atoms with E-state index in [2.05, 4.69) is 41.2 Å². The molecule has 0 aromatic carbocycles. The maximum Gasteiger partial charge on any atom is 0.272 e. The summed E-state index contributed by atoms with van der Waals surface area (Å²) in [5.41, 5.74) is 1.50. The van der Waals surface area contributed by atoms with Gasteiger partial charge in [-0.15, -0.1) is 0 Å². The number of piperidine rings is 1. The first-order valence-electron chi connectivity index (χ1n) is 7.18. The monoisotopic (exact) mass is 264 g/mol. The van der Waals surface area contributed by atoms with Crippen LogP contribution in [0.1, 0.15) is 55.7 Å². The molecule has 2 rings (SSSR count). The van der Waals surface area contributed by atoms with Crippen molar-refractivity contribution in [1.82, 2.24) is 20.4 Å². The second kappa shape index (κ2) is 6.19. The second-order valence-corrected chi connectivity index (χ2v) is 5.57. The maximum atomic E-state index is 12.1. The first kappa shape index (κ1) is 14.1. The Hall–Kier alpha value is -1.36. The Kier molecular flexibility index (Phi) is 4.58. The van der Waals surface area contributed by atoms with Crippen molar-refractivity contribution in [1.29, 1.82) is 0 Å². The lowest BCUT2D eigenvalue weighted by molar-refractivity contribution is 0.0901. The van der Waals surface area contributed by atoms with Crippen molar-refractivity contribution in [2.45, 2.75) is 45.6 Å². The van der Waals surface area contributed by atoms with E-state index in [-0.39, 0.29) is 11.9 Å². The van der Waals surface area contributed by atoms with Gasteiger partial charge in [-0.1, -0.05) is 20.8 Å². The van der Waals surface area contributed by atoms with Crippen LogP contribution in [-0.2, 0) is 0 Å². The number of nitrogens with one attached hydrogen (secondary N) is 2. The molecule has 1 aromatic heterocycles. The molecule has 0 bridgehead atoms. The van der Waals surface area contributed by atoms with Gasteiger partial charge in [0.2, 0.25) is 0 Å². The Morgan fingerprint density at radius 3 is 3.05 bits per heavy atom. The highest BCUT2D eigenvalue weighted by Crippen LogP contribution is 2.13. The van der Waals surface area contributed by atoms with E-state index >= 15 is 0 Å². The summed E-state index contributed by atoms with van der Waals surface area (Å²) in [6.07, 6.45) is 2.21. The number of aromatic amines is 1. The van der Waals surface area contributed by atoms with Crippen molar-refractivity contribution in [3.05, 3.63) is 17.5 Å². The van der Waals surface area contributed by atoms with Crippen LogP contribution in [0.15, 0.2) is 6.07 Å². The second-order valence-electron chi connectivity index (χ2n) is 5.57. The minimum Gasteiger partial charge on any atom is -0.347 e. The summed E-state index contributed by atoms with van der Waals surface area (Å²) in [6.45, 7) is 9.45. The fourth-order valence-corrected chi connectivity index (χ4v) is 2.47. The van der Waals surface area contributed by atoms with E-state index in [1.165, 1.54) is 0 Å². The van der Waals surface area contributed by atoms with Gasteiger partial charge >= 0.3 is 0 Å². The molecule has 2 N–H and O–H groups in total. The van der Waals surface area contributed by atoms with E-state index in [0.29, 0.717) is 11.6 Å². The molecule has 1 aliphatic rings. The maximum absolute atomic E-state index is 12.1. The first-order chi connectivity index (χ1) is 9.10. The van der Waals surface area contributed by atoms with Crippen molar-refractivity contribution >= 4 is 5.91 Å². The molecule has 1 atom stereocenters. The lowest BCUT2D eigenvalue weighted by Crippen LogP contribution is -2.47. The van der Waals surface area contributed by atoms with Crippen molar-refractivity contribution < 1.29 is 4.79 Å². The third-order valence-electron chi connectivity index (χ3n) is 3.74. The van der Waals surface area contributed by atoms with Crippen LogP contribution in [0.4, 0.5) is 0 Å². The zero-order valence-electron chi connectivity index (χ0n) is 12.1. The molecule has 1 aliphatic heterocycles. The van der Waals surface area contributed by atoms with Crippen molar-refractivity contribution in [3.8, 4) is 0 Å². The Morgan fingerprint density at radius 1 is 1.63 bits per heavy atom. The van der Waals surface area contributed by atoms with Gasteiger partial charge < -0.3 is 10.2 Å². The zero-order valence-corrected chi connectivity index (χ0v) is 12.1. The molecule has 1 saturated heterocycles. The standard InChI is InChI=1S/C14H24N4O/c1-4-18-7-5-6-11(9-18)15-14(19)13-8-12(10(2)3)16-17-13/h8,10-11H,4-7,9H2,1-3H3,(H,15,19)(H,16,17)/t11-/m0/s1. The summed E-state index contributed by atoms with van der Waals surface area (Å²) in [6, 6.07) is 2.10. The highest BCUT2D eigenvalue weighted by molar-refractivity contribution is 5.92. The largest absolute Gasteiger partial charge is 0.347 e. The minimum atomic E-state index is -0.0638. The molecule has 0 radical (unpaired) electrons. The van der Waals surface area contributed by atoms with Crippen molar-refractivity contribution in [2.24, 2.45) is 0 Å². The van der Waals surface area contributed by atoms with Crippen LogP contribution in [-0.4, -0.2) is 46.7 Å². The molecule has 1 fully saturated rings. The fourth-order valence-electron chi connectivity index (χ4n) is 2.47. The minimum absolute atomic E-state index is 0.0638. The predicted octanol–water partition coefficient (Wildman–Crippen LogP) is 1.75. The molecule has 0 aliphatic carbocycles. The molecular weight excluding hydrogens is 240 g/mol. The Labute approximate surface area is 114 Å². The molecule has 0 unspecified atom stereocenters. The number of H-pyrrole nitrogens is 1. The number of amides is 1. The number of carbonyl (C=O) groups is 1. The lowest BCUT2D eigenvalue weighted by atomic mass is 10.1. The highest BCUT2D eigenvalue weighted by atomic mass is 16.2. The SMILES string of the molecule is CCN1CCC[C@H](NC(=O)c2cc(C(C)C)[nH]n2)C1. The number of likely N-dealkylation sites (N-methyl/N-ethyl adjacent to an activating group) is 1. The fraction of sp³-hybridized carbons (Fsp3) is 0.714. The van der Waals surface area contributed by atoms with E-state index in [1.54, 1.807) is 0 Å². The molecule has 0 saturated carbocycles. The molecule has 5 heteroatoms. The van der Waals surface area contributed by atoms with Gasteiger partial charge in [0.05, 0.1) is 0 Å². The summed E-state index contributed by atoms with van der Waals surface area (Å²) in [4.78, 5) is 14.5. The molecular formula is C14H24N4O. The van der Waals surface area contributed by atoms with Crippen LogP contribution < -0.4 is 5.32 Å². The molecule has 106 valence electrons. The number of hydrogen-bond donors (Lipinski definition) is 2. The van der Waals surface area contributed by atoms with Crippen molar-refractivity contribution in [3.63, 3.8) is 0 Å². The predicted molar refractivity (Wildman–Crippen MR) is 75.3 cm³/mol. The molecule has 19 heavy (non-hydrogen) atoms. The van der Waals surface area contributed by atoms with Crippen molar-refractivity contribution in [2.75, 3.05) is 19.6 Å². The van der Waals surface area contributed by atoms with Gasteiger partial charge in [0, 0.05) is 18.3 Å². The summed E-state index contributed by atoms with van der Waals surface area (Å²) in [5.74, 6) is 0.297. The highest BCUT2D eigenvalue weighted by Gasteiger charge is 2.22. The van der Waals surface area contributed by atoms with Crippen LogP contribution in [0.5, 0.6) is 0 Å². The van der Waals surface area contributed by atoms with E-state index in [4.69, 9.17) is 0 Å². The van der Waals surface area contributed by atoms with Crippen LogP contribution in [0.2, 0.25) is 0 Å². The number of aromatic nitrogens is 2. The van der Waals surface area contributed by atoms with Gasteiger partial charge in [0.15, 0.2) is 0 Å². The number of nitrogens with zero attached hydrogens (tertiary/aromatic N) is 2. The Morgan fingerprint density at radius 2 is 2.42 bits per heavy atom. The normalized spacial score (nSPS) is 20.7. The molecule has 1 aromatic rings. The zero-order chi connectivity index (χ0) is 13.8. The molecule has 1 amide bonds. The molecule has 5 nitrogen and oxygen atoms in total. The Bertz CT molecular complexity index is 427. The van der Waals surface area contributed by atoms with Gasteiger partial charge in [-0.05, 0) is 37.9 Å². The third kappa shape index (κ3) is 3.56. The summed E-state index contributed by atoms with van der Waals surface area (Å²) in [7, 11) is 0. The molecule has 0 spiro atoms. The number of likely N-dealkylation sites (tertiary alicyclic amines) is 1. The average Bonchev–Trinajstić information content (AvgIpc) is 2.89. The molecule has 2 heterocycles. The topological polar surface area (TPSA) is 61.0 Å². The van der Waals surface area contributed by atoms with E-state index < -0.39 is 0 Å². The quantitative estimate of drug-likeness (QED) is 0.871. The number of carbonyl (C=O) groups excluding carboxylic acids is 1. The summed E-state index contributed by atoms with van der Waals surface area (Å²) >= 11 is 0. The Balaban J connectivity index is 1.92. The van der Waals surface area contributed by atoms with Gasteiger partial charge in [0.25, 0.3) is 5.91 Å². The first-order valence-corrected chi connectivity index (χ1v) is 7.18. The number of rotatable bonds is 4. The van der Waals surface area contributed by atoms with Gasteiger partial charge in [-0.2, -0.15) is 5.10 Å². The van der Waals surface area contributed by atoms with Crippen LogP contribution in [0.3, 0.4) is 0 Å². The van der Waals surface area contributed by atoms with Gasteiger partial charge in [0.1, 0.15) is 5.69 Å². The van der Waals surface area contributed by atoms with Crippen LogP contribution >= 0.6 is 0 Å². The smallest absolute Gasteiger partial charge is 0.272 e. The van der Waals surface area contributed by atoms with E-state index in [0.717, 1.165) is 38.2 Å². The van der Waals surface area contributed by atoms with Crippen LogP contribution in [0, 0.1) is 0 Å². The van der Waals surface area contributed by atoms with Gasteiger partial charge in [-0.25, -0.2) is 0 Å². The van der Waals surface area contributed by atoms with Gasteiger partial charge in [-0.3, -0.25) is 9.89 Å². The number of hydrogen-bond acceptors (Lipinski definition) is 3. The van der Waals surface area contributed by atoms with Crippen LogP contribution in [0.25, 0.3) is 0 Å². The summed E-state index contributed by atoms with van der Waals surface area (Å²) < 4.78 is 0. The lowest BCUT2D eigenvalue weighted by Gasteiger charge is -2.32.